The highest BCUT2D eigenvalue weighted by Gasteiger charge is 2.42. The number of rotatable bonds is 4. The van der Waals surface area contributed by atoms with Crippen molar-refractivity contribution in [1.82, 2.24) is 5.32 Å². The minimum atomic E-state index is 0.00312. The molecule has 1 N–H and O–H groups in total. The van der Waals surface area contributed by atoms with Gasteiger partial charge in [-0.2, -0.15) is 5.26 Å². The van der Waals surface area contributed by atoms with Crippen LogP contribution in [0.1, 0.15) is 33.6 Å². The molecule has 1 aliphatic rings. The van der Waals surface area contributed by atoms with E-state index in [0.717, 1.165) is 19.4 Å². The molecule has 0 aromatic heterocycles. The summed E-state index contributed by atoms with van der Waals surface area (Å²) < 4.78 is 0. The quantitative estimate of drug-likeness (QED) is 0.692. The van der Waals surface area contributed by atoms with Crippen molar-refractivity contribution in [2.75, 3.05) is 6.54 Å². The molecule has 1 rings (SSSR count). The summed E-state index contributed by atoms with van der Waals surface area (Å²) in [6.07, 6.45) is 2.17. The van der Waals surface area contributed by atoms with Crippen LogP contribution in [0.25, 0.3) is 0 Å². The second-order valence-electron chi connectivity index (χ2n) is 4.31. The maximum atomic E-state index is 8.82. The van der Waals surface area contributed by atoms with Gasteiger partial charge in [0, 0.05) is 12.6 Å². The van der Waals surface area contributed by atoms with E-state index in [1.54, 1.807) is 0 Å². The Kier molecular flexibility index (Phi) is 2.74. The lowest BCUT2D eigenvalue weighted by Crippen LogP contribution is -2.35. The molecule has 68 valence electrons. The van der Waals surface area contributed by atoms with E-state index < -0.39 is 0 Å². The predicted octanol–water partition coefficient (Wildman–Crippen LogP) is 1.92. The molecule has 0 spiro atoms. The van der Waals surface area contributed by atoms with Gasteiger partial charge < -0.3 is 5.32 Å². The summed E-state index contributed by atoms with van der Waals surface area (Å²) in [6.45, 7) is 7.45. The summed E-state index contributed by atoms with van der Waals surface area (Å²) in [5, 5.41) is 12.2. The Balaban J connectivity index is 2.22. The fraction of sp³-hybridized carbons (Fsp3) is 0.900. The van der Waals surface area contributed by atoms with Gasteiger partial charge in [0.2, 0.25) is 0 Å². The SMILES string of the molecule is CC(C)C(C)NCC1(C#N)CC1. The maximum absolute atomic E-state index is 8.82. The van der Waals surface area contributed by atoms with E-state index >= 15 is 0 Å². The lowest BCUT2D eigenvalue weighted by Gasteiger charge is -2.18. The van der Waals surface area contributed by atoms with Crippen LogP contribution in [-0.2, 0) is 0 Å². The summed E-state index contributed by atoms with van der Waals surface area (Å²) in [6, 6.07) is 2.91. The molecule has 2 nitrogen and oxygen atoms in total. The van der Waals surface area contributed by atoms with Crippen molar-refractivity contribution in [3.63, 3.8) is 0 Å². The molecule has 1 fully saturated rings. The highest BCUT2D eigenvalue weighted by atomic mass is 14.9. The molecular formula is C10H18N2. The van der Waals surface area contributed by atoms with Crippen LogP contribution in [0.4, 0.5) is 0 Å². The highest BCUT2D eigenvalue weighted by Crippen LogP contribution is 2.44. The van der Waals surface area contributed by atoms with Gasteiger partial charge in [0.15, 0.2) is 0 Å². The van der Waals surface area contributed by atoms with Crippen molar-refractivity contribution in [3.05, 3.63) is 0 Å². The minimum absolute atomic E-state index is 0.00312. The molecule has 1 atom stereocenters. The van der Waals surface area contributed by atoms with Gasteiger partial charge >= 0.3 is 0 Å². The molecule has 0 saturated heterocycles. The molecule has 0 aromatic carbocycles. The first kappa shape index (κ1) is 9.54. The van der Waals surface area contributed by atoms with Gasteiger partial charge in [-0.25, -0.2) is 0 Å². The number of hydrogen-bond donors (Lipinski definition) is 1. The zero-order valence-corrected chi connectivity index (χ0v) is 8.22. The van der Waals surface area contributed by atoms with Crippen LogP contribution in [0.2, 0.25) is 0 Å². The predicted molar refractivity (Wildman–Crippen MR) is 49.6 cm³/mol. The van der Waals surface area contributed by atoms with Gasteiger partial charge in [0.1, 0.15) is 0 Å². The average molecular weight is 166 g/mol. The number of hydrogen-bond acceptors (Lipinski definition) is 2. The Morgan fingerprint density at radius 1 is 1.42 bits per heavy atom. The largest absolute Gasteiger partial charge is 0.312 e. The standard InChI is InChI=1S/C10H18N2/c1-8(2)9(3)12-7-10(6-11)4-5-10/h8-9,12H,4-5,7H2,1-3H3. The van der Waals surface area contributed by atoms with Crippen LogP contribution in [0.3, 0.4) is 0 Å². The summed E-state index contributed by atoms with van der Waals surface area (Å²) in [7, 11) is 0. The third-order valence-electron chi connectivity index (χ3n) is 2.85. The van der Waals surface area contributed by atoms with Crippen molar-refractivity contribution in [2.24, 2.45) is 11.3 Å². The summed E-state index contributed by atoms with van der Waals surface area (Å²) in [5.74, 6) is 0.652. The molecule has 12 heavy (non-hydrogen) atoms. The maximum Gasteiger partial charge on any atom is 0.0703 e. The monoisotopic (exact) mass is 166 g/mol. The lowest BCUT2D eigenvalue weighted by atomic mass is 10.0. The highest BCUT2D eigenvalue weighted by molar-refractivity contribution is 5.11. The van der Waals surface area contributed by atoms with Crippen molar-refractivity contribution < 1.29 is 0 Å². The van der Waals surface area contributed by atoms with Crippen LogP contribution < -0.4 is 5.32 Å². The van der Waals surface area contributed by atoms with Crippen molar-refractivity contribution in [2.45, 2.75) is 39.7 Å². The van der Waals surface area contributed by atoms with Gasteiger partial charge in [-0.3, -0.25) is 0 Å². The molecule has 0 radical (unpaired) electrons. The van der Waals surface area contributed by atoms with E-state index in [1.807, 2.05) is 0 Å². The second kappa shape index (κ2) is 3.45. The molecule has 1 unspecified atom stereocenters. The Morgan fingerprint density at radius 2 is 2.00 bits per heavy atom. The smallest absolute Gasteiger partial charge is 0.0703 e. The second-order valence-corrected chi connectivity index (χ2v) is 4.31. The topological polar surface area (TPSA) is 35.8 Å². The van der Waals surface area contributed by atoms with E-state index in [1.165, 1.54) is 0 Å². The molecular weight excluding hydrogens is 148 g/mol. The van der Waals surface area contributed by atoms with Crippen LogP contribution in [0.15, 0.2) is 0 Å². The third kappa shape index (κ3) is 2.22. The van der Waals surface area contributed by atoms with Crippen LogP contribution >= 0.6 is 0 Å². The lowest BCUT2D eigenvalue weighted by molar-refractivity contribution is 0.401. The van der Waals surface area contributed by atoms with E-state index in [2.05, 4.69) is 32.2 Å². The van der Waals surface area contributed by atoms with Gasteiger partial charge in [0.05, 0.1) is 11.5 Å². The molecule has 0 aliphatic heterocycles. The Morgan fingerprint density at radius 3 is 2.33 bits per heavy atom. The molecule has 1 aliphatic carbocycles. The fourth-order valence-corrected chi connectivity index (χ4v) is 1.07. The Bertz CT molecular complexity index is 187. The summed E-state index contributed by atoms with van der Waals surface area (Å²) in [4.78, 5) is 0. The zero-order valence-electron chi connectivity index (χ0n) is 8.22. The van der Waals surface area contributed by atoms with E-state index in [0.29, 0.717) is 12.0 Å². The van der Waals surface area contributed by atoms with Crippen LogP contribution in [-0.4, -0.2) is 12.6 Å². The number of nitriles is 1. The first-order valence-electron chi connectivity index (χ1n) is 4.74. The average Bonchev–Trinajstić information content (AvgIpc) is 2.81. The first-order chi connectivity index (χ1) is 5.59. The van der Waals surface area contributed by atoms with Gasteiger partial charge in [0.25, 0.3) is 0 Å². The van der Waals surface area contributed by atoms with Crippen LogP contribution in [0, 0.1) is 22.7 Å². The fourth-order valence-electron chi connectivity index (χ4n) is 1.07. The van der Waals surface area contributed by atoms with Crippen LogP contribution in [0.5, 0.6) is 0 Å². The van der Waals surface area contributed by atoms with Crippen molar-refractivity contribution in [3.8, 4) is 6.07 Å². The van der Waals surface area contributed by atoms with E-state index in [9.17, 15) is 0 Å². The van der Waals surface area contributed by atoms with E-state index in [4.69, 9.17) is 5.26 Å². The molecule has 0 amide bonds. The van der Waals surface area contributed by atoms with E-state index in [-0.39, 0.29) is 5.41 Å². The Hall–Kier alpha value is -0.550. The summed E-state index contributed by atoms with van der Waals surface area (Å²) in [5.41, 5.74) is 0.00312. The van der Waals surface area contributed by atoms with Gasteiger partial charge in [-0.1, -0.05) is 13.8 Å². The third-order valence-corrected chi connectivity index (χ3v) is 2.85. The molecule has 0 bridgehead atoms. The first-order valence-corrected chi connectivity index (χ1v) is 4.74. The molecule has 0 aromatic rings. The molecule has 1 saturated carbocycles. The molecule has 2 heteroatoms. The summed E-state index contributed by atoms with van der Waals surface area (Å²) >= 11 is 0. The van der Waals surface area contributed by atoms with Gasteiger partial charge in [-0.05, 0) is 25.7 Å². The normalized spacial score (nSPS) is 21.9. The van der Waals surface area contributed by atoms with Crippen molar-refractivity contribution >= 4 is 0 Å². The van der Waals surface area contributed by atoms with Gasteiger partial charge in [-0.15, -0.1) is 0 Å². The Labute approximate surface area is 75.0 Å². The number of nitrogens with one attached hydrogen (secondary N) is 1. The zero-order chi connectivity index (χ0) is 9.19. The van der Waals surface area contributed by atoms with Crippen molar-refractivity contribution in [1.29, 1.82) is 5.26 Å². The minimum Gasteiger partial charge on any atom is -0.312 e. The molecule has 0 heterocycles. The number of nitrogens with zero attached hydrogens (tertiary/aromatic N) is 1.